The van der Waals surface area contributed by atoms with Crippen LogP contribution in [0.3, 0.4) is 0 Å². The van der Waals surface area contributed by atoms with Crippen molar-refractivity contribution >= 4 is 32.7 Å². The molecule has 28 heavy (non-hydrogen) atoms. The summed E-state index contributed by atoms with van der Waals surface area (Å²) in [7, 11) is -3.62. The number of carbonyl (C=O) groups is 1. The first-order chi connectivity index (χ1) is 13.4. The number of sulfonamides is 1. The second-order valence-corrected chi connectivity index (χ2v) is 8.96. The Hall–Kier alpha value is -2.87. The van der Waals surface area contributed by atoms with Crippen molar-refractivity contribution in [2.24, 2.45) is 5.92 Å². The first-order valence-electron chi connectivity index (χ1n) is 9.23. The van der Waals surface area contributed by atoms with Crippen LogP contribution in [0.15, 0.2) is 53.4 Å². The van der Waals surface area contributed by atoms with Gasteiger partial charge in [-0.15, -0.1) is 0 Å². The van der Waals surface area contributed by atoms with Gasteiger partial charge in [-0.3, -0.25) is 9.52 Å². The third-order valence-electron chi connectivity index (χ3n) is 4.96. The maximum absolute atomic E-state index is 12.5. The van der Waals surface area contributed by atoms with Crippen molar-refractivity contribution in [3.8, 4) is 0 Å². The average Bonchev–Trinajstić information content (AvgIpc) is 3.01. The summed E-state index contributed by atoms with van der Waals surface area (Å²) in [6.07, 6.45) is 2.73. The number of rotatable bonds is 6. The highest BCUT2D eigenvalue weighted by Crippen LogP contribution is 2.30. The first kappa shape index (κ1) is 18.5. The second kappa shape index (κ2) is 7.27. The molecule has 146 valence electrons. The molecule has 2 aromatic carbocycles. The van der Waals surface area contributed by atoms with Gasteiger partial charge in [-0.1, -0.05) is 18.2 Å². The molecule has 0 aliphatic heterocycles. The van der Waals surface area contributed by atoms with Crippen LogP contribution in [-0.2, 0) is 21.2 Å². The van der Waals surface area contributed by atoms with Gasteiger partial charge in [0.05, 0.1) is 21.6 Å². The molecule has 7 nitrogen and oxygen atoms in total. The van der Waals surface area contributed by atoms with Crippen molar-refractivity contribution in [3.05, 3.63) is 54.4 Å². The SMILES string of the molecule is CC(=O)N[C@H]1C[C@H](Cc2nc3ccc(NS(=O)(=O)c4ccccc4)cc3[nH]2)C1. The number of nitrogens with zero attached hydrogens (tertiary/aromatic N) is 1. The third-order valence-corrected chi connectivity index (χ3v) is 6.36. The fraction of sp³-hybridized carbons (Fsp3) is 0.300. The number of nitrogens with one attached hydrogen (secondary N) is 3. The zero-order valence-electron chi connectivity index (χ0n) is 15.5. The van der Waals surface area contributed by atoms with Crippen LogP contribution in [-0.4, -0.2) is 30.3 Å². The summed E-state index contributed by atoms with van der Waals surface area (Å²) in [6.45, 7) is 1.54. The Morgan fingerprint density at radius 1 is 1.18 bits per heavy atom. The molecule has 4 rings (SSSR count). The Bertz CT molecular complexity index is 1100. The smallest absolute Gasteiger partial charge is 0.261 e. The zero-order chi connectivity index (χ0) is 19.7. The van der Waals surface area contributed by atoms with Gasteiger partial charge < -0.3 is 10.3 Å². The van der Waals surface area contributed by atoms with E-state index in [1.54, 1.807) is 48.5 Å². The van der Waals surface area contributed by atoms with E-state index in [1.807, 2.05) is 0 Å². The summed E-state index contributed by atoms with van der Waals surface area (Å²) in [5.74, 6) is 1.38. The van der Waals surface area contributed by atoms with Crippen molar-refractivity contribution in [1.29, 1.82) is 0 Å². The molecule has 1 fully saturated rings. The maximum Gasteiger partial charge on any atom is 0.261 e. The largest absolute Gasteiger partial charge is 0.354 e. The van der Waals surface area contributed by atoms with Gasteiger partial charge in [0.25, 0.3) is 10.0 Å². The molecule has 1 aromatic heterocycles. The molecule has 0 spiro atoms. The van der Waals surface area contributed by atoms with Crippen LogP contribution in [0.4, 0.5) is 5.69 Å². The molecule has 3 aromatic rings. The minimum Gasteiger partial charge on any atom is -0.354 e. The lowest BCUT2D eigenvalue weighted by molar-refractivity contribution is -0.120. The Labute approximate surface area is 163 Å². The van der Waals surface area contributed by atoms with Gasteiger partial charge >= 0.3 is 0 Å². The number of hydrogen-bond donors (Lipinski definition) is 3. The summed E-state index contributed by atoms with van der Waals surface area (Å²) < 4.78 is 27.6. The van der Waals surface area contributed by atoms with E-state index >= 15 is 0 Å². The van der Waals surface area contributed by atoms with E-state index in [0.29, 0.717) is 11.6 Å². The van der Waals surface area contributed by atoms with Crippen molar-refractivity contribution in [2.75, 3.05) is 4.72 Å². The van der Waals surface area contributed by atoms with Crippen LogP contribution in [0.25, 0.3) is 11.0 Å². The van der Waals surface area contributed by atoms with E-state index in [1.165, 1.54) is 6.92 Å². The van der Waals surface area contributed by atoms with E-state index in [-0.39, 0.29) is 16.8 Å². The van der Waals surface area contributed by atoms with E-state index in [0.717, 1.165) is 36.1 Å². The lowest BCUT2D eigenvalue weighted by atomic mass is 9.78. The van der Waals surface area contributed by atoms with Gasteiger partial charge in [0, 0.05) is 19.4 Å². The minimum absolute atomic E-state index is 0.0117. The minimum atomic E-state index is -3.62. The quantitative estimate of drug-likeness (QED) is 0.594. The first-order valence-corrected chi connectivity index (χ1v) is 10.7. The van der Waals surface area contributed by atoms with Gasteiger partial charge in [0.15, 0.2) is 0 Å². The van der Waals surface area contributed by atoms with Gasteiger partial charge in [-0.25, -0.2) is 13.4 Å². The number of imidazole rings is 1. The van der Waals surface area contributed by atoms with Crippen molar-refractivity contribution in [3.63, 3.8) is 0 Å². The number of aromatic nitrogens is 2. The molecule has 1 heterocycles. The van der Waals surface area contributed by atoms with Crippen molar-refractivity contribution in [1.82, 2.24) is 15.3 Å². The Balaban J connectivity index is 1.45. The standard InChI is InChI=1S/C20H22N4O3S/c1-13(25)21-16-9-14(10-16)11-20-22-18-8-7-15(12-19(18)23-20)24-28(26,27)17-5-3-2-4-6-17/h2-8,12,14,16,24H,9-11H2,1H3,(H,21,25)(H,22,23)/t14-,16-. The van der Waals surface area contributed by atoms with Gasteiger partial charge in [-0.2, -0.15) is 0 Å². The van der Waals surface area contributed by atoms with E-state index in [9.17, 15) is 13.2 Å². The molecular formula is C20H22N4O3S. The number of aromatic amines is 1. The lowest BCUT2D eigenvalue weighted by Gasteiger charge is -2.35. The Morgan fingerprint density at radius 3 is 2.64 bits per heavy atom. The topological polar surface area (TPSA) is 104 Å². The highest BCUT2D eigenvalue weighted by atomic mass is 32.2. The molecule has 1 amide bonds. The molecule has 1 aliphatic rings. The molecule has 3 N–H and O–H groups in total. The Morgan fingerprint density at radius 2 is 1.93 bits per heavy atom. The predicted molar refractivity (Wildman–Crippen MR) is 107 cm³/mol. The van der Waals surface area contributed by atoms with Gasteiger partial charge in [0.1, 0.15) is 5.82 Å². The molecule has 0 radical (unpaired) electrons. The summed E-state index contributed by atoms with van der Waals surface area (Å²) in [4.78, 5) is 19.2. The molecule has 1 saturated carbocycles. The third kappa shape index (κ3) is 4.01. The van der Waals surface area contributed by atoms with Crippen LogP contribution in [0.2, 0.25) is 0 Å². The van der Waals surface area contributed by atoms with Crippen LogP contribution in [0, 0.1) is 5.92 Å². The number of hydrogen-bond acceptors (Lipinski definition) is 4. The lowest BCUT2D eigenvalue weighted by Crippen LogP contribution is -2.44. The molecule has 0 atom stereocenters. The molecule has 8 heteroatoms. The number of carbonyl (C=O) groups excluding carboxylic acids is 1. The molecular weight excluding hydrogens is 376 g/mol. The molecule has 0 bridgehead atoms. The summed E-state index contributed by atoms with van der Waals surface area (Å²) in [6, 6.07) is 13.8. The maximum atomic E-state index is 12.5. The fourth-order valence-corrected chi connectivity index (χ4v) is 4.69. The molecule has 1 aliphatic carbocycles. The molecule has 0 saturated heterocycles. The van der Waals surface area contributed by atoms with Gasteiger partial charge in [-0.05, 0) is 49.1 Å². The number of anilines is 1. The van der Waals surface area contributed by atoms with Crippen LogP contribution < -0.4 is 10.0 Å². The number of benzene rings is 2. The second-order valence-electron chi connectivity index (χ2n) is 7.27. The van der Waals surface area contributed by atoms with E-state index in [4.69, 9.17) is 0 Å². The van der Waals surface area contributed by atoms with Crippen LogP contribution in [0.5, 0.6) is 0 Å². The molecule has 0 unspecified atom stereocenters. The number of fused-ring (bicyclic) bond motifs is 1. The van der Waals surface area contributed by atoms with Crippen LogP contribution >= 0.6 is 0 Å². The summed E-state index contributed by atoms with van der Waals surface area (Å²) in [5, 5.41) is 2.93. The van der Waals surface area contributed by atoms with Crippen molar-refractivity contribution < 1.29 is 13.2 Å². The predicted octanol–water partition coefficient (Wildman–Crippen LogP) is 2.82. The van der Waals surface area contributed by atoms with E-state index < -0.39 is 10.0 Å². The fourth-order valence-electron chi connectivity index (χ4n) is 3.62. The highest BCUT2D eigenvalue weighted by Gasteiger charge is 2.30. The number of H-pyrrole nitrogens is 1. The zero-order valence-corrected chi connectivity index (χ0v) is 16.3. The number of amides is 1. The monoisotopic (exact) mass is 398 g/mol. The van der Waals surface area contributed by atoms with Gasteiger partial charge in [0.2, 0.25) is 5.91 Å². The Kier molecular flexibility index (Phi) is 4.80. The van der Waals surface area contributed by atoms with Crippen LogP contribution in [0.1, 0.15) is 25.6 Å². The normalized spacial score (nSPS) is 19.2. The average molecular weight is 398 g/mol. The van der Waals surface area contributed by atoms with E-state index in [2.05, 4.69) is 20.0 Å². The van der Waals surface area contributed by atoms with Crippen molar-refractivity contribution in [2.45, 2.75) is 37.1 Å². The highest BCUT2D eigenvalue weighted by molar-refractivity contribution is 7.92. The summed E-state index contributed by atoms with van der Waals surface area (Å²) >= 11 is 0. The summed E-state index contributed by atoms with van der Waals surface area (Å²) in [5.41, 5.74) is 2.08.